The Morgan fingerprint density at radius 2 is 1.59 bits per heavy atom. The van der Waals surface area contributed by atoms with E-state index in [-0.39, 0.29) is 0 Å². The van der Waals surface area contributed by atoms with Crippen LogP contribution in [0.15, 0.2) is 65.6 Å². The van der Waals surface area contributed by atoms with Crippen molar-refractivity contribution >= 4 is 15.8 Å². The maximum Gasteiger partial charge on any atom is 0.243 e. The van der Waals surface area contributed by atoms with E-state index in [4.69, 9.17) is 0 Å². The van der Waals surface area contributed by atoms with Crippen LogP contribution in [0.25, 0.3) is 11.1 Å². The number of hydrogen-bond donors (Lipinski definition) is 1. The molecule has 1 saturated carbocycles. The zero-order valence-electron chi connectivity index (χ0n) is 16.2. The molecule has 1 N–H and O–H groups in total. The van der Waals surface area contributed by atoms with Crippen molar-refractivity contribution in [2.45, 2.75) is 23.7 Å². The molecule has 1 saturated heterocycles. The smallest absolute Gasteiger partial charge is 0.243 e. The molecule has 3 aromatic rings. The minimum Gasteiger partial charge on any atom is -0.353 e. The number of aromatic amines is 1. The van der Waals surface area contributed by atoms with Crippen molar-refractivity contribution in [3.05, 3.63) is 66.4 Å². The lowest BCUT2D eigenvalue weighted by Crippen LogP contribution is -2.48. The summed E-state index contributed by atoms with van der Waals surface area (Å²) in [6.45, 7) is 2.19. The molecule has 2 heterocycles. The number of sulfonamides is 1. The number of benzene rings is 2. The fourth-order valence-electron chi connectivity index (χ4n) is 3.94. The van der Waals surface area contributed by atoms with Crippen LogP contribution in [0.5, 0.6) is 0 Å². The average molecular weight is 409 g/mol. The summed E-state index contributed by atoms with van der Waals surface area (Å²) in [7, 11) is -3.57. The Morgan fingerprint density at radius 3 is 2.31 bits per heavy atom. The Labute approximate surface area is 171 Å². The molecule has 2 aromatic carbocycles. The highest BCUT2D eigenvalue weighted by atomic mass is 32.2. The van der Waals surface area contributed by atoms with Gasteiger partial charge >= 0.3 is 0 Å². The third-order valence-electron chi connectivity index (χ3n) is 5.75. The molecule has 6 nitrogen and oxygen atoms in total. The summed E-state index contributed by atoms with van der Waals surface area (Å²) in [5, 5.41) is 7.57. The van der Waals surface area contributed by atoms with Crippen molar-refractivity contribution in [3.63, 3.8) is 0 Å². The molecule has 1 aromatic heterocycles. The van der Waals surface area contributed by atoms with Crippen LogP contribution in [-0.2, 0) is 10.0 Å². The van der Waals surface area contributed by atoms with E-state index < -0.39 is 10.0 Å². The molecule has 2 fully saturated rings. The number of hydrogen-bond acceptors (Lipinski definition) is 4. The van der Waals surface area contributed by atoms with Gasteiger partial charge in [-0.05, 0) is 24.5 Å². The highest BCUT2D eigenvalue weighted by Crippen LogP contribution is 2.40. The van der Waals surface area contributed by atoms with Crippen LogP contribution in [0.2, 0.25) is 0 Å². The number of rotatable bonds is 5. The van der Waals surface area contributed by atoms with Crippen LogP contribution < -0.4 is 4.90 Å². The second-order valence-corrected chi connectivity index (χ2v) is 9.62. The lowest BCUT2D eigenvalue weighted by molar-refractivity contribution is 0.384. The Bertz CT molecular complexity index is 1100. The summed E-state index contributed by atoms with van der Waals surface area (Å²) in [5.41, 5.74) is 2.86. The van der Waals surface area contributed by atoms with Gasteiger partial charge in [-0.15, -0.1) is 0 Å². The first-order valence-electron chi connectivity index (χ1n) is 10.1. The number of aromatic nitrogens is 2. The first-order valence-corrected chi connectivity index (χ1v) is 11.5. The summed E-state index contributed by atoms with van der Waals surface area (Å²) < 4.78 is 28.4. The van der Waals surface area contributed by atoms with Gasteiger partial charge < -0.3 is 4.90 Å². The van der Waals surface area contributed by atoms with Crippen LogP contribution in [0, 0.1) is 0 Å². The van der Waals surface area contributed by atoms with Gasteiger partial charge in [-0.1, -0.05) is 48.5 Å². The van der Waals surface area contributed by atoms with Gasteiger partial charge in [0.1, 0.15) is 0 Å². The highest BCUT2D eigenvalue weighted by molar-refractivity contribution is 7.89. The third kappa shape index (κ3) is 3.56. The number of anilines is 1. The lowest BCUT2D eigenvalue weighted by atomic mass is 10.1. The van der Waals surface area contributed by atoms with Gasteiger partial charge in [0.2, 0.25) is 10.0 Å². The molecular formula is C22H24N4O2S. The third-order valence-corrected chi connectivity index (χ3v) is 7.71. The maximum atomic E-state index is 13.4. The second kappa shape index (κ2) is 7.31. The van der Waals surface area contributed by atoms with E-state index in [1.54, 1.807) is 16.4 Å². The van der Waals surface area contributed by atoms with Crippen LogP contribution >= 0.6 is 0 Å². The number of H-pyrrole nitrogens is 1. The molecule has 1 aliphatic heterocycles. The van der Waals surface area contributed by atoms with Gasteiger partial charge in [0.05, 0.1) is 4.90 Å². The first-order chi connectivity index (χ1) is 14.1. The van der Waals surface area contributed by atoms with E-state index in [2.05, 4.69) is 21.2 Å². The molecule has 0 bridgehead atoms. The molecule has 0 unspecified atom stereocenters. The molecule has 150 valence electrons. The predicted molar refractivity (Wildman–Crippen MR) is 113 cm³/mol. The zero-order valence-corrected chi connectivity index (χ0v) is 17.0. The Hall–Kier alpha value is -2.64. The molecule has 1 aliphatic carbocycles. The van der Waals surface area contributed by atoms with Gasteiger partial charge in [-0.3, -0.25) is 5.10 Å². The van der Waals surface area contributed by atoms with Crippen LogP contribution in [0.1, 0.15) is 24.5 Å². The zero-order chi connectivity index (χ0) is 19.8. The van der Waals surface area contributed by atoms with Crippen molar-refractivity contribution in [3.8, 4) is 11.1 Å². The molecule has 0 spiro atoms. The standard InChI is InChI=1S/C22H24N4O2S/c27-29(28,21-9-5-4-8-19(21)17-6-2-1-3-7-17)26-14-12-25(13-15-26)22-16-20(23-24-22)18-10-11-18/h1-9,16,18H,10-15H2,(H,23,24). The van der Waals surface area contributed by atoms with Crippen molar-refractivity contribution in [2.24, 2.45) is 0 Å². The normalized spacial score (nSPS) is 18.1. The summed E-state index contributed by atoms with van der Waals surface area (Å²) in [6.07, 6.45) is 2.46. The first kappa shape index (κ1) is 18.4. The monoisotopic (exact) mass is 408 g/mol. The van der Waals surface area contributed by atoms with E-state index in [1.807, 2.05) is 42.5 Å². The fourth-order valence-corrected chi connectivity index (χ4v) is 5.57. The predicted octanol–water partition coefficient (Wildman–Crippen LogP) is 3.47. The lowest BCUT2D eigenvalue weighted by Gasteiger charge is -2.34. The van der Waals surface area contributed by atoms with Crippen LogP contribution in [0.4, 0.5) is 5.82 Å². The largest absolute Gasteiger partial charge is 0.353 e. The second-order valence-electron chi connectivity index (χ2n) is 7.71. The fraction of sp³-hybridized carbons (Fsp3) is 0.318. The van der Waals surface area contributed by atoms with Crippen molar-refractivity contribution in [1.29, 1.82) is 0 Å². The molecule has 0 amide bonds. The minimum atomic E-state index is -3.57. The van der Waals surface area contributed by atoms with Gasteiger partial charge in [0.15, 0.2) is 5.82 Å². The van der Waals surface area contributed by atoms with E-state index in [0.29, 0.717) is 37.0 Å². The van der Waals surface area contributed by atoms with Gasteiger partial charge in [0, 0.05) is 49.4 Å². The molecule has 0 atom stereocenters. The Kier molecular flexibility index (Phi) is 4.64. The van der Waals surface area contributed by atoms with E-state index in [1.165, 1.54) is 18.5 Å². The Balaban J connectivity index is 1.35. The molecule has 5 rings (SSSR count). The van der Waals surface area contributed by atoms with Gasteiger partial charge in [-0.2, -0.15) is 9.40 Å². The van der Waals surface area contributed by atoms with Crippen molar-refractivity contribution in [2.75, 3.05) is 31.1 Å². The van der Waals surface area contributed by atoms with Crippen LogP contribution in [-0.4, -0.2) is 49.1 Å². The topological polar surface area (TPSA) is 69.3 Å². The van der Waals surface area contributed by atoms with Gasteiger partial charge in [0.25, 0.3) is 0 Å². The summed E-state index contributed by atoms with van der Waals surface area (Å²) in [4.78, 5) is 2.53. The van der Waals surface area contributed by atoms with Gasteiger partial charge in [-0.25, -0.2) is 8.42 Å². The molecule has 29 heavy (non-hydrogen) atoms. The molecule has 0 radical (unpaired) electrons. The number of nitrogens with zero attached hydrogens (tertiary/aromatic N) is 3. The number of piperazine rings is 1. The SMILES string of the molecule is O=S(=O)(c1ccccc1-c1ccccc1)N1CCN(c2cc(C3CC3)[nH]n2)CC1. The van der Waals surface area contributed by atoms with E-state index in [0.717, 1.165) is 16.9 Å². The highest BCUT2D eigenvalue weighted by Gasteiger charge is 2.32. The van der Waals surface area contributed by atoms with Crippen molar-refractivity contribution < 1.29 is 8.42 Å². The van der Waals surface area contributed by atoms with Crippen molar-refractivity contribution in [1.82, 2.24) is 14.5 Å². The Morgan fingerprint density at radius 1 is 0.897 bits per heavy atom. The number of nitrogens with one attached hydrogen (secondary N) is 1. The molecule has 7 heteroatoms. The van der Waals surface area contributed by atoms with Crippen LogP contribution in [0.3, 0.4) is 0 Å². The minimum absolute atomic E-state index is 0.371. The summed E-state index contributed by atoms with van der Waals surface area (Å²) >= 11 is 0. The van der Waals surface area contributed by atoms with E-state index >= 15 is 0 Å². The molecular weight excluding hydrogens is 384 g/mol. The summed E-state index contributed by atoms with van der Waals surface area (Å²) in [6, 6.07) is 19.1. The molecule has 2 aliphatic rings. The quantitative estimate of drug-likeness (QED) is 0.702. The maximum absolute atomic E-state index is 13.4. The average Bonchev–Trinajstić information content (AvgIpc) is 3.51. The summed E-state index contributed by atoms with van der Waals surface area (Å²) in [5.74, 6) is 1.56. The van der Waals surface area contributed by atoms with E-state index in [9.17, 15) is 8.42 Å².